The summed E-state index contributed by atoms with van der Waals surface area (Å²) < 4.78 is 5.13. The van der Waals surface area contributed by atoms with E-state index in [1.165, 1.54) is 25.8 Å². The van der Waals surface area contributed by atoms with E-state index < -0.39 is 24.0 Å². The van der Waals surface area contributed by atoms with Gasteiger partial charge in [0.1, 0.15) is 5.76 Å². The Bertz CT molecular complexity index is 573. The first kappa shape index (κ1) is 16.9. The SMILES string of the molecule is CNC(=O)N1C(=O)/C(=C(/C)OC(=O)C(C)ON=O)C2CCCC21. The molecule has 9 nitrogen and oxygen atoms in total. The second-order valence-electron chi connectivity index (χ2n) is 5.55. The Morgan fingerprint density at radius 3 is 2.70 bits per heavy atom. The molecule has 0 aromatic carbocycles. The Balaban J connectivity index is 2.26. The number of rotatable bonds is 4. The van der Waals surface area contributed by atoms with Crippen LogP contribution in [0.25, 0.3) is 0 Å². The van der Waals surface area contributed by atoms with E-state index in [1.54, 1.807) is 0 Å². The van der Waals surface area contributed by atoms with E-state index in [4.69, 9.17) is 4.74 Å². The first-order valence-corrected chi connectivity index (χ1v) is 7.38. The molecule has 2 fully saturated rings. The molecule has 3 unspecified atom stereocenters. The highest BCUT2D eigenvalue weighted by Crippen LogP contribution is 2.43. The van der Waals surface area contributed by atoms with Crippen LogP contribution in [0.15, 0.2) is 16.7 Å². The molecule has 126 valence electrons. The van der Waals surface area contributed by atoms with E-state index in [1.807, 2.05) is 0 Å². The molecule has 9 heteroatoms. The van der Waals surface area contributed by atoms with Gasteiger partial charge in [0.15, 0.2) is 5.34 Å². The average molecular weight is 325 g/mol. The standard InChI is InChI=1S/C14H19N3O6/c1-7(22-13(19)8(2)23-16-21)11-9-5-4-6-10(9)17(12(11)18)14(20)15-3/h8-10H,4-6H2,1-3H3,(H,15,20)/b11-7-. The number of fused-ring (bicyclic) bond motifs is 1. The fraction of sp³-hybridized carbons (Fsp3) is 0.643. The lowest BCUT2D eigenvalue weighted by Gasteiger charge is -2.20. The van der Waals surface area contributed by atoms with Crippen molar-refractivity contribution in [2.75, 3.05) is 7.05 Å². The molecule has 2 aliphatic rings. The molecule has 1 saturated carbocycles. The van der Waals surface area contributed by atoms with Crippen molar-refractivity contribution in [3.63, 3.8) is 0 Å². The number of esters is 1. The van der Waals surface area contributed by atoms with Crippen LogP contribution in [-0.2, 0) is 19.2 Å². The average Bonchev–Trinajstić information content (AvgIpc) is 3.05. The molecular formula is C14H19N3O6. The maximum absolute atomic E-state index is 12.6. The number of nitrogens with one attached hydrogen (secondary N) is 1. The van der Waals surface area contributed by atoms with Crippen LogP contribution >= 0.6 is 0 Å². The van der Waals surface area contributed by atoms with Gasteiger partial charge in [0.05, 0.1) is 5.57 Å². The number of urea groups is 1. The molecule has 0 bridgehead atoms. The minimum Gasteiger partial charge on any atom is -0.428 e. The molecule has 0 aromatic heterocycles. The van der Waals surface area contributed by atoms with Gasteiger partial charge in [-0.25, -0.2) is 9.59 Å². The Kier molecular flexibility index (Phi) is 4.97. The molecule has 0 radical (unpaired) electrons. The van der Waals surface area contributed by atoms with E-state index in [0.29, 0.717) is 5.57 Å². The van der Waals surface area contributed by atoms with Gasteiger partial charge in [-0.3, -0.25) is 9.69 Å². The molecule has 0 aromatic rings. The van der Waals surface area contributed by atoms with Crippen LogP contribution in [0, 0.1) is 10.8 Å². The topological polar surface area (TPSA) is 114 Å². The maximum Gasteiger partial charge on any atom is 0.355 e. The first-order valence-electron chi connectivity index (χ1n) is 7.38. The fourth-order valence-electron chi connectivity index (χ4n) is 3.20. The van der Waals surface area contributed by atoms with Crippen molar-refractivity contribution < 1.29 is 24.0 Å². The van der Waals surface area contributed by atoms with E-state index in [2.05, 4.69) is 15.5 Å². The van der Waals surface area contributed by atoms with Crippen LogP contribution in [0.4, 0.5) is 4.79 Å². The summed E-state index contributed by atoms with van der Waals surface area (Å²) in [6, 6.07) is -0.681. The van der Waals surface area contributed by atoms with Gasteiger partial charge in [-0.2, -0.15) is 0 Å². The summed E-state index contributed by atoms with van der Waals surface area (Å²) in [6.07, 6.45) is 1.18. The number of ether oxygens (including phenoxy) is 1. The molecule has 3 amide bonds. The Morgan fingerprint density at radius 1 is 1.39 bits per heavy atom. The molecule has 3 atom stereocenters. The third-order valence-electron chi connectivity index (χ3n) is 4.23. The number of likely N-dealkylation sites (tertiary alicyclic amines) is 1. The highest BCUT2D eigenvalue weighted by molar-refractivity contribution is 6.07. The third-order valence-corrected chi connectivity index (χ3v) is 4.23. The van der Waals surface area contributed by atoms with E-state index in [9.17, 15) is 19.3 Å². The molecule has 1 saturated heterocycles. The van der Waals surface area contributed by atoms with Gasteiger partial charge in [-0.15, -0.1) is 4.91 Å². The summed E-state index contributed by atoms with van der Waals surface area (Å²) in [5.74, 6) is -1.29. The van der Waals surface area contributed by atoms with E-state index in [-0.39, 0.29) is 17.7 Å². The second-order valence-corrected chi connectivity index (χ2v) is 5.55. The van der Waals surface area contributed by atoms with E-state index in [0.717, 1.165) is 19.3 Å². The molecule has 2 rings (SSSR count). The van der Waals surface area contributed by atoms with Crippen molar-refractivity contribution in [3.8, 4) is 0 Å². The lowest BCUT2D eigenvalue weighted by molar-refractivity contribution is -0.151. The Morgan fingerprint density at radius 2 is 2.09 bits per heavy atom. The van der Waals surface area contributed by atoms with E-state index >= 15 is 0 Å². The number of nitrogens with zero attached hydrogens (tertiary/aromatic N) is 2. The van der Waals surface area contributed by atoms with Crippen LogP contribution < -0.4 is 5.32 Å². The van der Waals surface area contributed by atoms with Gasteiger partial charge in [0.25, 0.3) is 5.91 Å². The minimum atomic E-state index is -1.17. The van der Waals surface area contributed by atoms with Crippen LogP contribution in [-0.4, -0.2) is 42.0 Å². The van der Waals surface area contributed by atoms with Gasteiger partial charge in [0, 0.05) is 19.0 Å². The quantitative estimate of drug-likeness (QED) is 0.273. The predicted molar refractivity (Wildman–Crippen MR) is 77.6 cm³/mol. The number of allylic oxidation sites excluding steroid dienone is 1. The first-order chi connectivity index (χ1) is 10.9. The number of hydrogen-bond acceptors (Lipinski definition) is 7. The van der Waals surface area contributed by atoms with Crippen LogP contribution in [0.1, 0.15) is 33.1 Å². The highest BCUT2D eigenvalue weighted by atomic mass is 16.7. The molecule has 23 heavy (non-hydrogen) atoms. The summed E-state index contributed by atoms with van der Waals surface area (Å²) in [6.45, 7) is 2.81. The monoisotopic (exact) mass is 325 g/mol. The normalized spacial score (nSPS) is 26.4. The zero-order chi connectivity index (χ0) is 17.1. The summed E-state index contributed by atoms with van der Waals surface area (Å²) in [5, 5.41) is 4.63. The van der Waals surface area contributed by atoms with Crippen molar-refractivity contribution in [1.29, 1.82) is 0 Å². The smallest absolute Gasteiger partial charge is 0.355 e. The summed E-state index contributed by atoms with van der Waals surface area (Å²) in [5.41, 5.74) is 0.329. The predicted octanol–water partition coefficient (Wildman–Crippen LogP) is 1.24. The Hall–Kier alpha value is -2.45. The van der Waals surface area contributed by atoms with Crippen molar-refractivity contribution in [3.05, 3.63) is 16.2 Å². The molecule has 1 aliphatic carbocycles. The van der Waals surface area contributed by atoms with Gasteiger partial charge in [-0.1, -0.05) is 6.42 Å². The lowest BCUT2D eigenvalue weighted by Crippen LogP contribution is -2.44. The van der Waals surface area contributed by atoms with Gasteiger partial charge < -0.3 is 14.9 Å². The lowest BCUT2D eigenvalue weighted by atomic mass is 9.97. The minimum absolute atomic E-state index is 0.129. The number of imide groups is 1. The molecule has 0 spiro atoms. The summed E-state index contributed by atoms with van der Waals surface area (Å²) >= 11 is 0. The second kappa shape index (κ2) is 6.76. The molecule has 1 aliphatic heterocycles. The zero-order valence-electron chi connectivity index (χ0n) is 13.2. The van der Waals surface area contributed by atoms with Crippen molar-refractivity contribution in [2.45, 2.75) is 45.3 Å². The molecule has 1 N–H and O–H groups in total. The number of carbonyl (C=O) groups excluding carboxylic acids is 3. The van der Waals surface area contributed by atoms with Crippen molar-refractivity contribution >= 4 is 17.9 Å². The molecule has 1 heterocycles. The van der Waals surface area contributed by atoms with Crippen LogP contribution in [0.2, 0.25) is 0 Å². The Labute approximate surface area is 132 Å². The van der Waals surface area contributed by atoms with Crippen LogP contribution in [0.5, 0.6) is 0 Å². The molecular weight excluding hydrogens is 306 g/mol. The number of hydrogen-bond donors (Lipinski definition) is 1. The number of carbonyl (C=O) groups is 3. The van der Waals surface area contributed by atoms with Gasteiger partial charge in [-0.05, 0) is 26.7 Å². The maximum atomic E-state index is 12.6. The highest BCUT2D eigenvalue weighted by Gasteiger charge is 2.50. The third kappa shape index (κ3) is 3.03. The summed E-state index contributed by atoms with van der Waals surface area (Å²) in [7, 11) is 1.46. The van der Waals surface area contributed by atoms with Gasteiger partial charge >= 0.3 is 12.0 Å². The van der Waals surface area contributed by atoms with Crippen molar-refractivity contribution in [2.24, 2.45) is 11.3 Å². The van der Waals surface area contributed by atoms with Gasteiger partial charge in [0.2, 0.25) is 6.10 Å². The van der Waals surface area contributed by atoms with Crippen LogP contribution in [0.3, 0.4) is 0 Å². The fourth-order valence-corrected chi connectivity index (χ4v) is 3.20. The largest absolute Gasteiger partial charge is 0.428 e. The number of amides is 3. The summed E-state index contributed by atoms with van der Waals surface area (Å²) in [4.78, 5) is 51.8. The van der Waals surface area contributed by atoms with Crippen molar-refractivity contribution in [1.82, 2.24) is 10.2 Å². The zero-order valence-corrected chi connectivity index (χ0v) is 13.2.